The van der Waals surface area contributed by atoms with Gasteiger partial charge in [0.05, 0.1) is 6.61 Å². The molecule has 5 rings (SSSR count). The summed E-state index contributed by atoms with van der Waals surface area (Å²) in [6, 6.07) is 36.6. The summed E-state index contributed by atoms with van der Waals surface area (Å²) in [6.45, 7) is 2.96. The monoisotopic (exact) mass is 462 g/mol. The van der Waals surface area contributed by atoms with Crippen molar-refractivity contribution in [2.24, 2.45) is 0 Å². The summed E-state index contributed by atoms with van der Waals surface area (Å²) in [7, 11) is 0. The SMILES string of the molecule is OCC1(c2ccccc2)CCN(CCCc2ccncc2)CC1(c1ccccc1)c1ccccc1. The number of aliphatic hydroxyl groups is 1. The van der Waals surface area contributed by atoms with E-state index in [0.29, 0.717) is 0 Å². The van der Waals surface area contributed by atoms with Crippen LogP contribution in [0.15, 0.2) is 116 Å². The van der Waals surface area contributed by atoms with Gasteiger partial charge in [-0.15, -0.1) is 0 Å². The Bertz CT molecular complexity index is 1140. The first kappa shape index (κ1) is 23.5. The number of aliphatic hydroxyl groups excluding tert-OH is 1. The Balaban J connectivity index is 1.58. The van der Waals surface area contributed by atoms with E-state index in [1.807, 2.05) is 12.4 Å². The van der Waals surface area contributed by atoms with Gasteiger partial charge in [0, 0.05) is 29.8 Å². The number of benzene rings is 3. The van der Waals surface area contributed by atoms with Gasteiger partial charge in [-0.25, -0.2) is 0 Å². The molecule has 1 fully saturated rings. The second-order valence-electron chi connectivity index (χ2n) is 9.73. The summed E-state index contributed by atoms with van der Waals surface area (Å²) in [5.74, 6) is 0. The number of hydrogen-bond acceptors (Lipinski definition) is 3. The number of piperidine rings is 1. The zero-order chi connectivity index (χ0) is 24.0. The zero-order valence-corrected chi connectivity index (χ0v) is 20.3. The number of likely N-dealkylation sites (tertiary alicyclic amines) is 1. The molecule has 0 radical (unpaired) electrons. The number of hydrogen-bond donors (Lipinski definition) is 1. The van der Waals surface area contributed by atoms with Gasteiger partial charge in [0.15, 0.2) is 0 Å². The Hall–Kier alpha value is -3.27. The van der Waals surface area contributed by atoms with Gasteiger partial charge in [0.1, 0.15) is 0 Å². The molecule has 3 heteroatoms. The second-order valence-corrected chi connectivity index (χ2v) is 9.73. The average Bonchev–Trinajstić information content (AvgIpc) is 2.95. The number of nitrogens with zero attached hydrogens (tertiary/aromatic N) is 2. The van der Waals surface area contributed by atoms with E-state index >= 15 is 0 Å². The van der Waals surface area contributed by atoms with Crippen LogP contribution in [0.4, 0.5) is 0 Å². The standard InChI is InChI=1S/C32H34N2O/c35-26-31(28-12-4-1-5-13-28)20-24-34(23-10-11-27-18-21-33-22-19-27)25-32(31,29-14-6-2-7-15-29)30-16-8-3-9-17-30/h1-9,12-19,21-22,35H,10-11,20,23-26H2. The molecule has 178 valence electrons. The highest BCUT2D eigenvalue weighted by Crippen LogP contribution is 2.53. The number of aryl methyl sites for hydroxylation is 1. The summed E-state index contributed by atoms with van der Waals surface area (Å²) in [5.41, 5.74) is 4.29. The van der Waals surface area contributed by atoms with E-state index in [-0.39, 0.29) is 12.0 Å². The molecule has 4 aromatic rings. The maximum atomic E-state index is 11.2. The molecule has 1 unspecified atom stereocenters. The molecule has 3 aromatic carbocycles. The van der Waals surface area contributed by atoms with Gasteiger partial charge in [-0.05, 0) is 66.7 Å². The minimum absolute atomic E-state index is 0.103. The van der Waals surface area contributed by atoms with Gasteiger partial charge in [-0.3, -0.25) is 4.98 Å². The van der Waals surface area contributed by atoms with E-state index in [1.165, 1.54) is 22.3 Å². The van der Waals surface area contributed by atoms with Crippen LogP contribution in [0, 0.1) is 0 Å². The number of aromatic nitrogens is 1. The largest absolute Gasteiger partial charge is 0.395 e. The van der Waals surface area contributed by atoms with Gasteiger partial charge in [-0.1, -0.05) is 91.0 Å². The van der Waals surface area contributed by atoms with E-state index in [2.05, 4.69) is 113 Å². The molecule has 1 aromatic heterocycles. The number of pyridine rings is 1. The van der Waals surface area contributed by atoms with Gasteiger partial charge < -0.3 is 10.0 Å². The van der Waals surface area contributed by atoms with Crippen LogP contribution in [0.3, 0.4) is 0 Å². The lowest BCUT2D eigenvalue weighted by Gasteiger charge is -2.57. The van der Waals surface area contributed by atoms with Crippen molar-refractivity contribution in [1.29, 1.82) is 0 Å². The average molecular weight is 463 g/mol. The van der Waals surface area contributed by atoms with Crippen LogP contribution < -0.4 is 0 Å². The molecule has 0 bridgehead atoms. The van der Waals surface area contributed by atoms with Crippen molar-refractivity contribution in [3.63, 3.8) is 0 Å². The molecule has 0 aliphatic carbocycles. The lowest BCUT2D eigenvalue weighted by Crippen LogP contribution is -2.63. The Morgan fingerprint density at radius 1 is 0.714 bits per heavy atom. The van der Waals surface area contributed by atoms with Gasteiger partial charge in [0.2, 0.25) is 0 Å². The first-order valence-corrected chi connectivity index (χ1v) is 12.7. The summed E-state index contributed by atoms with van der Waals surface area (Å²) in [4.78, 5) is 6.76. The molecule has 35 heavy (non-hydrogen) atoms. The van der Waals surface area contributed by atoms with Crippen LogP contribution in [0.5, 0.6) is 0 Å². The third-order valence-corrected chi connectivity index (χ3v) is 7.95. The fraction of sp³-hybridized carbons (Fsp3) is 0.281. The summed E-state index contributed by atoms with van der Waals surface area (Å²) in [6.07, 6.45) is 6.79. The van der Waals surface area contributed by atoms with E-state index in [4.69, 9.17) is 0 Å². The Labute approximate surface area is 209 Å². The van der Waals surface area contributed by atoms with E-state index in [9.17, 15) is 5.11 Å². The smallest absolute Gasteiger partial charge is 0.0540 e. The van der Waals surface area contributed by atoms with E-state index in [1.54, 1.807) is 0 Å². The van der Waals surface area contributed by atoms with Crippen LogP contribution in [0.25, 0.3) is 0 Å². The normalized spacial score (nSPS) is 19.9. The Morgan fingerprint density at radius 2 is 1.26 bits per heavy atom. The highest BCUT2D eigenvalue weighted by Gasteiger charge is 2.56. The molecular weight excluding hydrogens is 428 g/mol. The first-order chi connectivity index (χ1) is 17.3. The van der Waals surface area contributed by atoms with Crippen LogP contribution in [-0.2, 0) is 17.3 Å². The highest BCUT2D eigenvalue weighted by atomic mass is 16.3. The maximum absolute atomic E-state index is 11.2. The van der Waals surface area contributed by atoms with Crippen LogP contribution in [0.2, 0.25) is 0 Å². The fourth-order valence-corrected chi connectivity index (χ4v) is 6.18. The summed E-state index contributed by atoms with van der Waals surface area (Å²) >= 11 is 0. The van der Waals surface area contributed by atoms with Crippen molar-refractivity contribution in [2.45, 2.75) is 30.1 Å². The van der Waals surface area contributed by atoms with Crippen LogP contribution in [0.1, 0.15) is 35.1 Å². The molecule has 1 atom stereocenters. The zero-order valence-electron chi connectivity index (χ0n) is 20.3. The molecule has 1 aliphatic rings. The number of rotatable bonds is 8. The lowest BCUT2D eigenvalue weighted by atomic mass is 9.51. The Morgan fingerprint density at radius 3 is 1.80 bits per heavy atom. The predicted molar refractivity (Wildman–Crippen MR) is 142 cm³/mol. The molecular formula is C32H34N2O. The molecule has 1 aliphatic heterocycles. The molecule has 0 amide bonds. The van der Waals surface area contributed by atoms with E-state index < -0.39 is 5.41 Å². The van der Waals surface area contributed by atoms with Crippen molar-refractivity contribution in [3.05, 3.63) is 138 Å². The topological polar surface area (TPSA) is 36.4 Å². The minimum Gasteiger partial charge on any atom is -0.395 e. The first-order valence-electron chi connectivity index (χ1n) is 12.7. The van der Waals surface area contributed by atoms with E-state index in [0.717, 1.165) is 38.9 Å². The van der Waals surface area contributed by atoms with Gasteiger partial charge in [-0.2, -0.15) is 0 Å². The lowest BCUT2D eigenvalue weighted by molar-refractivity contribution is 0.0381. The quantitative estimate of drug-likeness (QED) is 0.368. The summed E-state index contributed by atoms with van der Waals surface area (Å²) < 4.78 is 0. The van der Waals surface area contributed by atoms with Crippen LogP contribution >= 0.6 is 0 Å². The van der Waals surface area contributed by atoms with Crippen molar-refractivity contribution in [3.8, 4) is 0 Å². The molecule has 1 saturated heterocycles. The molecule has 2 heterocycles. The highest BCUT2D eigenvalue weighted by molar-refractivity contribution is 5.50. The third kappa shape index (κ3) is 4.42. The molecule has 3 nitrogen and oxygen atoms in total. The van der Waals surface area contributed by atoms with Gasteiger partial charge in [0.25, 0.3) is 0 Å². The molecule has 1 N–H and O–H groups in total. The minimum atomic E-state index is -0.418. The van der Waals surface area contributed by atoms with Crippen molar-refractivity contribution in [1.82, 2.24) is 9.88 Å². The molecule has 0 saturated carbocycles. The summed E-state index contributed by atoms with van der Waals surface area (Å²) in [5, 5.41) is 11.2. The van der Waals surface area contributed by atoms with Crippen molar-refractivity contribution >= 4 is 0 Å². The molecule has 0 spiro atoms. The third-order valence-electron chi connectivity index (χ3n) is 7.95. The van der Waals surface area contributed by atoms with Crippen LogP contribution in [-0.4, -0.2) is 41.2 Å². The second kappa shape index (κ2) is 10.6. The predicted octanol–water partition coefficient (Wildman–Crippen LogP) is 5.64. The maximum Gasteiger partial charge on any atom is 0.0540 e. The fourth-order valence-electron chi connectivity index (χ4n) is 6.18. The van der Waals surface area contributed by atoms with Gasteiger partial charge >= 0.3 is 0 Å². The van der Waals surface area contributed by atoms with Crippen molar-refractivity contribution in [2.75, 3.05) is 26.2 Å². The van der Waals surface area contributed by atoms with Crippen molar-refractivity contribution < 1.29 is 5.11 Å². The Kier molecular flexibility index (Phi) is 7.08.